The second-order valence-corrected chi connectivity index (χ2v) is 8.43. The van der Waals surface area contributed by atoms with Gasteiger partial charge in [0.25, 0.3) is 5.91 Å². The van der Waals surface area contributed by atoms with Crippen LogP contribution in [0.3, 0.4) is 0 Å². The molecule has 3 rings (SSSR count). The van der Waals surface area contributed by atoms with E-state index in [9.17, 15) is 4.79 Å². The van der Waals surface area contributed by atoms with Gasteiger partial charge in [0.15, 0.2) is 5.17 Å². The van der Waals surface area contributed by atoms with Crippen molar-refractivity contribution in [2.75, 3.05) is 0 Å². The Morgan fingerprint density at radius 1 is 1.21 bits per heavy atom. The van der Waals surface area contributed by atoms with Gasteiger partial charge >= 0.3 is 0 Å². The highest BCUT2D eigenvalue weighted by molar-refractivity contribution is 14.1. The Balaban J connectivity index is 1.92. The first-order valence-electron chi connectivity index (χ1n) is 6.98. The van der Waals surface area contributed by atoms with Gasteiger partial charge in [-0.05, 0) is 80.7 Å². The van der Waals surface area contributed by atoms with Gasteiger partial charge in [-0.25, -0.2) is 0 Å². The number of rotatable bonds is 4. The Labute approximate surface area is 171 Å². The van der Waals surface area contributed by atoms with Crippen LogP contribution in [0.5, 0.6) is 5.75 Å². The van der Waals surface area contributed by atoms with Gasteiger partial charge < -0.3 is 10.1 Å². The van der Waals surface area contributed by atoms with Crippen molar-refractivity contribution in [2.45, 2.75) is 6.61 Å². The first-order chi connectivity index (χ1) is 11.5. The van der Waals surface area contributed by atoms with Crippen molar-refractivity contribution >= 4 is 74.1 Å². The molecule has 2 N–H and O–H groups in total. The predicted molar refractivity (Wildman–Crippen MR) is 114 cm³/mol. The van der Waals surface area contributed by atoms with Gasteiger partial charge in [-0.2, -0.15) is 0 Å². The molecule has 1 aliphatic rings. The predicted octanol–water partition coefficient (Wildman–Crippen LogP) is 4.61. The molecule has 0 saturated carbocycles. The van der Waals surface area contributed by atoms with Crippen molar-refractivity contribution in [1.29, 1.82) is 5.41 Å². The topological polar surface area (TPSA) is 62.2 Å². The highest BCUT2D eigenvalue weighted by atomic mass is 127. The van der Waals surface area contributed by atoms with Crippen LogP contribution < -0.4 is 10.1 Å². The number of carbonyl (C=O) groups excluding carboxylic acids is 1. The Kier molecular flexibility index (Phi) is 5.82. The summed E-state index contributed by atoms with van der Waals surface area (Å²) in [5, 5.41) is 10.2. The number of hydrogen-bond donors (Lipinski definition) is 2. The summed E-state index contributed by atoms with van der Waals surface area (Å²) in [6.07, 6.45) is 1.78. The highest BCUT2D eigenvalue weighted by Gasteiger charge is 2.23. The molecule has 7 heteroatoms. The number of amides is 1. The van der Waals surface area contributed by atoms with Crippen molar-refractivity contribution in [3.63, 3.8) is 0 Å². The third-order valence-corrected chi connectivity index (χ3v) is 5.47. The summed E-state index contributed by atoms with van der Waals surface area (Å²) in [7, 11) is 0. The van der Waals surface area contributed by atoms with Crippen molar-refractivity contribution in [3.8, 4) is 5.75 Å². The van der Waals surface area contributed by atoms with Gasteiger partial charge in [0.05, 0.1) is 8.48 Å². The number of thioether (sulfide) groups is 1. The molecule has 122 valence electrons. The molecule has 2 aromatic carbocycles. The molecule has 1 fully saturated rings. The molecule has 0 aromatic heterocycles. The minimum Gasteiger partial charge on any atom is -0.487 e. The Bertz CT molecular complexity index is 838. The molecule has 1 amide bonds. The van der Waals surface area contributed by atoms with E-state index < -0.39 is 0 Å². The van der Waals surface area contributed by atoms with Gasteiger partial charge in [0, 0.05) is 9.13 Å². The summed E-state index contributed by atoms with van der Waals surface area (Å²) in [5.41, 5.74) is 1.93. The molecule has 0 atom stereocenters. The van der Waals surface area contributed by atoms with E-state index in [-0.39, 0.29) is 11.1 Å². The SMILES string of the molecule is N=C1NC(=O)/C(=C/c2cc(I)cc(I)c2OCc2ccccc2)S1. The van der Waals surface area contributed by atoms with E-state index in [4.69, 9.17) is 10.1 Å². The van der Waals surface area contributed by atoms with Crippen LogP contribution >= 0.6 is 56.9 Å². The van der Waals surface area contributed by atoms with Crippen LogP contribution in [0.1, 0.15) is 11.1 Å². The van der Waals surface area contributed by atoms with Crippen molar-refractivity contribution in [2.24, 2.45) is 0 Å². The molecule has 0 unspecified atom stereocenters. The summed E-state index contributed by atoms with van der Waals surface area (Å²) in [4.78, 5) is 12.4. The number of carbonyl (C=O) groups is 1. The number of hydrogen-bond acceptors (Lipinski definition) is 4. The quantitative estimate of drug-likeness (QED) is 0.423. The third-order valence-electron chi connectivity index (χ3n) is 3.21. The molecule has 0 radical (unpaired) electrons. The minimum absolute atomic E-state index is 0.151. The average Bonchev–Trinajstić information content (AvgIpc) is 2.85. The largest absolute Gasteiger partial charge is 0.487 e. The first-order valence-corrected chi connectivity index (χ1v) is 9.95. The number of amidine groups is 1. The fraction of sp³-hybridized carbons (Fsp3) is 0.0588. The summed E-state index contributed by atoms with van der Waals surface area (Å²) < 4.78 is 8.08. The third kappa shape index (κ3) is 4.31. The molecule has 1 saturated heterocycles. The maximum Gasteiger partial charge on any atom is 0.264 e. The number of benzene rings is 2. The van der Waals surface area contributed by atoms with Crippen LogP contribution in [0.2, 0.25) is 0 Å². The lowest BCUT2D eigenvalue weighted by Crippen LogP contribution is -2.18. The van der Waals surface area contributed by atoms with E-state index in [1.54, 1.807) is 6.08 Å². The zero-order chi connectivity index (χ0) is 17.1. The molecular formula is C17H12I2N2O2S. The standard InChI is InChI=1S/C17H12I2N2O2S/c18-12-6-11(7-14-16(22)21-17(20)24-14)15(13(19)8-12)23-9-10-4-2-1-3-5-10/h1-8H,9H2,(H2,20,21,22)/b14-7-. The first kappa shape index (κ1) is 17.7. The number of nitrogens with one attached hydrogen (secondary N) is 2. The summed E-state index contributed by atoms with van der Waals surface area (Å²) in [6, 6.07) is 14.0. The molecule has 0 spiro atoms. The number of halogens is 2. The normalized spacial score (nSPS) is 15.7. The zero-order valence-electron chi connectivity index (χ0n) is 12.3. The van der Waals surface area contributed by atoms with Crippen LogP contribution in [0, 0.1) is 12.5 Å². The fourth-order valence-corrected chi connectivity index (χ4v) is 4.89. The lowest BCUT2D eigenvalue weighted by atomic mass is 10.2. The molecule has 2 aromatic rings. The van der Waals surface area contributed by atoms with E-state index >= 15 is 0 Å². The maximum atomic E-state index is 11.9. The molecule has 0 bridgehead atoms. The van der Waals surface area contributed by atoms with Crippen molar-refractivity contribution in [3.05, 3.63) is 65.6 Å². The lowest BCUT2D eigenvalue weighted by molar-refractivity contribution is -0.115. The maximum absolute atomic E-state index is 11.9. The second kappa shape index (κ2) is 7.87. The van der Waals surface area contributed by atoms with Crippen molar-refractivity contribution < 1.29 is 9.53 Å². The Morgan fingerprint density at radius 2 is 1.96 bits per heavy atom. The Morgan fingerprint density at radius 3 is 2.62 bits per heavy atom. The second-order valence-electron chi connectivity index (χ2n) is 4.97. The monoisotopic (exact) mass is 562 g/mol. The van der Waals surface area contributed by atoms with Crippen LogP contribution in [0.15, 0.2) is 47.4 Å². The van der Waals surface area contributed by atoms with Crippen LogP contribution in [0.4, 0.5) is 0 Å². The molecule has 1 aliphatic heterocycles. The Hall–Kier alpha value is -1.07. The van der Waals surface area contributed by atoms with Gasteiger partial charge in [0.1, 0.15) is 12.4 Å². The van der Waals surface area contributed by atoms with E-state index in [0.717, 1.165) is 35.8 Å². The molecular weight excluding hydrogens is 550 g/mol. The van der Waals surface area contributed by atoms with Gasteiger partial charge in [-0.15, -0.1) is 0 Å². The van der Waals surface area contributed by atoms with Gasteiger partial charge in [-0.3, -0.25) is 10.2 Å². The van der Waals surface area contributed by atoms with Crippen LogP contribution in [-0.2, 0) is 11.4 Å². The van der Waals surface area contributed by atoms with E-state index in [2.05, 4.69) is 50.5 Å². The highest BCUT2D eigenvalue weighted by Crippen LogP contribution is 2.33. The summed E-state index contributed by atoms with van der Waals surface area (Å²) in [5.74, 6) is 0.507. The fourth-order valence-electron chi connectivity index (χ4n) is 2.15. The number of ether oxygens (including phenoxy) is 1. The van der Waals surface area contributed by atoms with E-state index in [1.807, 2.05) is 42.5 Å². The minimum atomic E-state index is -0.243. The molecule has 1 heterocycles. The van der Waals surface area contributed by atoms with Crippen LogP contribution in [-0.4, -0.2) is 11.1 Å². The summed E-state index contributed by atoms with van der Waals surface area (Å²) >= 11 is 5.61. The van der Waals surface area contributed by atoms with E-state index in [1.165, 1.54) is 0 Å². The molecule has 24 heavy (non-hydrogen) atoms. The molecule has 4 nitrogen and oxygen atoms in total. The molecule has 0 aliphatic carbocycles. The smallest absolute Gasteiger partial charge is 0.264 e. The zero-order valence-corrected chi connectivity index (χ0v) is 17.4. The lowest BCUT2D eigenvalue weighted by Gasteiger charge is -2.12. The van der Waals surface area contributed by atoms with Crippen molar-refractivity contribution in [1.82, 2.24) is 5.32 Å². The average molecular weight is 562 g/mol. The summed E-state index contributed by atoms with van der Waals surface area (Å²) in [6.45, 7) is 0.461. The van der Waals surface area contributed by atoms with Gasteiger partial charge in [0.2, 0.25) is 0 Å². The van der Waals surface area contributed by atoms with Crippen LogP contribution in [0.25, 0.3) is 6.08 Å². The van der Waals surface area contributed by atoms with E-state index in [0.29, 0.717) is 11.5 Å². The van der Waals surface area contributed by atoms with Gasteiger partial charge in [-0.1, -0.05) is 30.3 Å².